The summed E-state index contributed by atoms with van der Waals surface area (Å²) in [5.74, 6) is 2.54. The summed E-state index contributed by atoms with van der Waals surface area (Å²) in [7, 11) is 0. The third-order valence-electron chi connectivity index (χ3n) is 5.13. The lowest BCUT2D eigenvalue weighted by atomic mass is 10.0. The summed E-state index contributed by atoms with van der Waals surface area (Å²) in [6.45, 7) is 9.78. The van der Waals surface area contributed by atoms with Crippen LogP contribution in [0, 0.1) is 13.8 Å². The van der Waals surface area contributed by atoms with E-state index in [0.29, 0.717) is 24.8 Å². The van der Waals surface area contributed by atoms with Gasteiger partial charge in [-0.3, -0.25) is 4.79 Å². The third kappa shape index (κ3) is 3.78. The Hall–Kier alpha value is -2.11. The van der Waals surface area contributed by atoms with E-state index in [1.807, 2.05) is 24.9 Å². The van der Waals surface area contributed by atoms with Gasteiger partial charge in [0.1, 0.15) is 11.6 Å². The molecule has 1 unspecified atom stereocenters. The van der Waals surface area contributed by atoms with Gasteiger partial charge in [0.2, 0.25) is 5.91 Å². The quantitative estimate of drug-likeness (QED) is 0.834. The Labute approximate surface area is 149 Å². The predicted octanol–water partition coefficient (Wildman–Crippen LogP) is 3.41. The number of aromatic nitrogens is 3. The van der Waals surface area contributed by atoms with Crippen molar-refractivity contribution in [3.8, 4) is 0 Å². The van der Waals surface area contributed by atoms with E-state index in [1.54, 1.807) is 0 Å². The minimum Gasteiger partial charge on any atom is -0.361 e. The van der Waals surface area contributed by atoms with Crippen molar-refractivity contribution in [2.24, 2.45) is 0 Å². The molecule has 2 aromatic heterocycles. The molecule has 6 nitrogen and oxygen atoms in total. The Kier molecular flexibility index (Phi) is 5.25. The molecule has 3 rings (SSSR count). The number of piperidine rings is 1. The Morgan fingerprint density at radius 3 is 2.88 bits per heavy atom. The van der Waals surface area contributed by atoms with Crippen molar-refractivity contribution in [3.63, 3.8) is 0 Å². The van der Waals surface area contributed by atoms with Gasteiger partial charge in [-0.15, -0.1) is 0 Å². The van der Waals surface area contributed by atoms with E-state index in [1.165, 1.54) is 0 Å². The van der Waals surface area contributed by atoms with Gasteiger partial charge in [-0.05, 0) is 33.1 Å². The highest BCUT2D eigenvalue weighted by atomic mass is 16.5. The van der Waals surface area contributed by atoms with E-state index >= 15 is 0 Å². The Morgan fingerprint density at radius 1 is 1.40 bits per heavy atom. The number of hydrogen-bond donors (Lipinski definition) is 0. The van der Waals surface area contributed by atoms with Gasteiger partial charge < -0.3 is 14.0 Å². The van der Waals surface area contributed by atoms with E-state index in [0.717, 1.165) is 48.8 Å². The van der Waals surface area contributed by atoms with Gasteiger partial charge in [-0.1, -0.05) is 19.0 Å². The van der Waals surface area contributed by atoms with E-state index in [9.17, 15) is 4.79 Å². The summed E-state index contributed by atoms with van der Waals surface area (Å²) < 4.78 is 7.45. The Bertz CT molecular complexity index is 712. The van der Waals surface area contributed by atoms with Gasteiger partial charge in [0, 0.05) is 43.4 Å². The lowest BCUT2D eigenvalue weighted by Crippen LogP contribution is -2.41. The number of nitrogens with zero attached hydrogens (tertiary/aromatic N) is 4. The van der Waals surface area contributed by atoms with Crippen LogP contribution in [0.5, 0.6) is 0 Å². The number of aryl methyl sites for hydroxylation is 2. The molecule has 1 aliphatic heterocycles. The fraction of sp³-hybridized carbons (Fsp3) is 0.632. The highest BCUT2D eigenvalue weighted by Crippen LogP contribution is 2.26. The van der Waals surface area contributed by atoms with Crippen LogP contribution in [0.25, 0.3) is 0 Å². The lowest BCUT2D eigenvalue weighted by Gasteiger charge is -2.34. The van der Waals surface area contributed by atoms with E-state index in [2.05, 4.69) is 34.8 Å². The van der Waals surface area contributed by atoms with Crippen LogP contribution in [0.15, 0.2) is 16.9 Å². The molecule has 1 atom stereocenters. The molecule has 25 heavy (non-hydrogen) atoms. The Balaban J connectivity index is 1.63. The standard InChI is InChI=1S/C19H28N4O2/c1-13(2)19-20-9-11-23(19)16-6-5-10-22(12-16)18(24)8-7-17-14(3)21-25-15(17)4/h9,11,13,16H,5-8,10,12H2,1-4H3. The van der Waals surface area contributed by atoms with E-state index in [4.69, 9.17) is 4.52 Å². The number of imidazole rings is 1. The SMILES string of the molecule is Cc1noc(C)c1CCC(=O)N1CCCC(n2ccnc2C(C)C)C1. The molecule has 0 aliphatic carbocycles. The zero-order chi connectivity index (χ0) is 18.0. The first kappa shape index (κ1) is 17.7. The van der Waals surface area contributed by atoms with Crippen molar-refractivity contribution in [1.82, 2.24) is 19.6 Å². The summed E-state index contributed by atoms with van der Waals surface area (Å²) in [5.41, 5.74) is 1.96. The molecular weight excluding hydrogens is 316 g/mol. The molecule has 1 aliphatic rings. The molecular formula is C19H28N4O2. The first-order valence-electron chi connectivity index (χ1n) is 9.19. The van der Waals surface area contributed by atoms with Crippen LogP contribution in [-0.2, 0) is 11.2 Å². The fourth-order valence-electron chi connectivity index (χ4n) is 3.74. The number of carbonyl (C=O) groups excluding carboxylic acids is 1. The van der Waals surface area contributed by atoms with Crippen molar-refractivity contribution in [3.05, 3.63) is 35.2 Å². The van der Waals surface area contributed by atoms with Gasteiger partial charge in [0.15, 0.2) is 0 Å². The second-order valence-electron chi connectivity index (χ2n) is 7.29. The van der Waals surface area contributed by atoms with Crippen LogP contribution in [0.3, 0.4) is 0 Å². The number of carbonyl (C=O) groups is 1. The van der Waals surface area contributed by atoms with Crippen molar-refractivity contribution in [1.29, 1.82) is 0 Å². The lowest BCUT2D eigenvalue weighted by molar-refractivity contribution is -0.132. The molecule has 1 amide bonds. The van der Waals surface area contributed by atoms with Crippen molar-refractivity contribution in [2.75, 3.05) is 13.1 Å². The topological polar surface area (TPSA) is 64.2 Å². The smallest absolute Gasteiger partial charge is 0.222 e. The number of amides is 1. The molecule has 0 radical (unpaired) electrons. The van der Waals surface area contributed by atoms with Gasteiger partial charge >= 0.3 is 0 Å². The number of rotatable bonds is 5. The zero-order valence-electron chi connectivity index (χ0n) is 15.7. The summed E-state index contributed by atoms with van der Waals surface area (Å²) >= 11 is 0. The van der Waals surface area contributed by atoms with Crippen molar-refractivity contribution >= 4 is 5.91 Å². The average Bonchev–Trinajstić information content (AvgIpc) is 3.21. The molecule has 0 aromatic carbocycles. The molecule has 0 N–H and O–H groups in total. The highest BCUT2D eigenvalue weighted by molar-refractivity contribution is 5.76. The van der Waals surface area contributed by atoms with Crippen LogP contribution in [0.4, 0.5) is 0 Å². The van der Waals surface area contributed by atoms with Crippen molar-refractivity contribution < 1.29 is 9.32 Å². The monoisotopic (exact) mass is 344 g/mol. The first-order chi connectivity index (χ1) is 12.0. The summed E-state index contributed by atoms with van der Waals surface area (Å²) in [6, 6.07) is 0.330. The first-order valence-corrected chi connectivity index (χ1v) is 9.19. The predicted molar refractivity (Wildman–Crippen MR) is 95.5 cm³/mol. The molecule has 1 fully saturated rings. The second-order valence-corrected chi connectivity index (χ2v) is 7.29. The molecule has 3 heterocycles. The minimum absolute atomic E-state index is 0.218. The molecule has 0 bridgehead atoms. The van der Waals surface area contributed by atoms with Gasteiger partial charge in [-0.25, -0.2) is 4.98 Å². The van der Waals surface area contributed by atoms with E-state index in [-0.39, 0.29) is 5.91 Å². The maximum Gasteiger partial charge on any atom is 0.222 e. The average molecular weight is 344 g/mol. The highest BCUT2D eigenvalue weighted by Gasteiger charge is 2.26. The summed E-state index contributed by atoms with van der Waals surface area (Å²) in [6.07, 6.45) is 7.27. The molecule has 0 saturated carbocycles. The Morgan fingerprint density at radius 2 is 2.20 bits per heavy atom. The van der Waals surface area contributed by atoms with Crippen LogP contribution < -0.4 is 0 Å². The number of hydrogen-bond acceptors (Lipinski definition) is 4. The summed E-state index contributed by atoms with van der Waals surface area (Å²) in [5, 5.41) is 3.97. The van der Waals surface area contributed by atoms with E-state index < -0.39 is 0 Å². The van der Waals surface area contributed by atoms with Crippen LogP contribution in [0.1, 0.15) is 67.9 Å². The normalized spacial score (nSPS) is 18.1. The van der Waals surface area contributed by atoms with Gasteiger partial charge in [-0.2, -0.15) is 0 Å². The molecule has 0 spiro atoms. The largest absolute Gasteiger partial charge is 0.361 e. The summed E-state index contributed by atoms with van der Waals surface area (Å²) in [4.78, 5) is 19.2. The molecule has 2 aromatic rings. The molecule has 1 saturated heterocycles. The molecule has 6 heteroatoms. The maximum atomic E-state index is 12.7. The van der Waals surface area contributed by atoms with Crippen LogP contribution in [0.2, 0.25) is 0 Å². The van der Waals surface area contributed by atoms with Crippen molar-refractivity contribution in [2.45, 2.75) is 65.3 Å². The van der Waals surface area contributed by atoms with Gasteiger partial charge in [0.25, 0.3) is 0 Å². The zero-order valence-corrected chi connectivity index (χ0v) is 15.7. The second kappa shape index (κ2) is 7.42. The number of likely N-dealkylation sites (tertiary alicyclic amines) is 1. The van der Waals surface area contributed by atoms with Crippen LogP contribution in [-0.4, -0.2) is 38.6 Å². The van der Waals surface area contributed by atoms with Gasteiger partial charge in [0.05, 0.1) is 11.7 Å². The minimum atomic E-state index is 0.218. The fourth-order valence-corrected chi connectivity index (χ4v) is 3.74. The van der Waals surface area contributed by atoms with Crippen LogP contribution >= 0.6 is 0 Å². The molecule has 136 valence electrons. The maximum absolute atomic E-state index is 12.7. The third-order valence-corrected chi connectivity index (χ3v) is 5.13.